The molecular formula is C17H13NO5. The molecule has 0 bridgehead atoms. The molecule has 6 heteroatoms. The quantitative estimate of drug-likeness (QED) is 0.683. The number of nitroso groups, excluding NO2 is 1. The topological polar surface area (TPSA) is 78.1 Å². The van der Waals surface area contributed by atoms with Crippen molar-refractivity contribution in [2.75, 3.05) is 14.2 Å². The fraction of sp³-hybridized carbons (Fsp3) is 0.118. The van der Waals surface area contributed by atoms with E-state index in [9.17, 15) is 9.70 Å². The van der Waals surface area contributed by atoms with E-state index < -0.39 is 0 Å². The summed E-state index contributed by atoms with van der Waals surface area (Å²) in [6.07, 6.45) is 1.35. The van der Waals surface area contributed by atoms with Crippen molar-refractivity contribution in [3.05, 3.63) is 57.8 Å². The summed E-state index contributed by atoms with van der Waals surface area (Å²) in [6.45, 7) is 0. The zero-order valence-electron chi connectivity index (χ0n) is 12.5. The fourth-order valence-electron chi connectivity index (χ4n) is 2.38. The highest BCUT2D eigenvalue weighted by Crippen LogP contribution is 2.32. The van der Waals surface area contributed by atoms with Gasteiger partial charge in [0.25, 0.3) is 0 Å². The molecule has 1 aromatic heterocycles. The average molecular weight is 311 g/mol. The number of nitrogens with zero attached hydrogens (tertiary/aromatic N) is 1. The molecule has 116 valence electrons. The molecule has 3 aromatic rings. The largest absolute Gasteiger partial charge is 0.497 e. The van der Waals surface area contributed by atoms with Crippen molar-refractivity contribution in [2.24, 2.45) is 5.18 Å². The normalized spacial score (nSPS) is 10.5. The van der Waals surface area contributed by atoms with Gasteiger partial charge in [-0.1, -0.05) is 0 Å². The van der Waals surface area contributed by atoms with E-state index in [4.69, 9.17) is 13.9 Å². The Hall–Kier alpha value is -3.15. The predicted octanol–water partition coefficient (Wildman–Crippen LogP) is 3.88. The van der Waals surface area contributed by atoms with E-state index in [1.54, 1.807) is 25.3 Å². The summed E-state index contributed by atoms with van der Waals surface area (Å²) in [5, 5.41) is 3.20. The molecule has 0 unspecified atom stereocenters. The van der Waals surface area contributed by atoms with Crippen molar-refractivity contribution in [2.45, 2.75) is 0 Å². The Bertz CT molecular complexity index is 945. The molecule has 0 aliphatic carbocycles. The second-order valence-corrected chi connectivity index (χ2v) is 4.82. The zero-order chi connectivity index (χ0) is 16.4. The third-order valence-corrected chi connectivity index (χ3v) is 3.56. The van der Waals surface area contributed by atoms with E-state index >= 15 is 0 Å². The minimum absolute atomic E-state index is 0.204. The number of fused-ring (bicyclic) bond motifs is 1. The Morgan fingerprint density at radius 3 is 2.52 bits per heavy atom. The first kappa shape index (κ1) is 14.8. The summed E-state index contributed by atoms with van der Waals surface area (Å²) in [7, 11) is 3.07. The lowest BCUT2D eigenvalue weighted by Gasteiger charge is -2.10. The van der Waals surface area contributed by atoms with Gasteiger partial charge in [-0.05, 0) is 29.4 Å². The lowest BCUT2D eigenvalue weighted by molar-refractivity contribution is 0.395. The smallest absolute Gasteiger partial charge is 0.200 e. The molecule has 0 amide bonds. The highest BCUT2D eigenvalue weighted by molar-refractivity contribution is 5.85. The summed E-state index contributed by atoms with van der Waals surface area (Å²) in [4.78, 5) is 23.3. The summed E-state index contributed by atoms with van der Waals surface area (Å²) >= 11 is 0. The lowest BCUT2D eigenvalue weighted by Crippen LogP contribution is -2.05. The first-order valence-corrected chi connectivity index (χ1v) is 6.79. The van der Waals surface area contributed by atoms with Crippen LogP contribution in [-0.2, 0) is 0 Å². The Balaban J connectivity index is 2.23. The number of hydrogen-bond acceptors (Lipinski definition) is 6. The van der Waals surface area contributed by atoms with Crippen LogP contribution in [-0.4, -0.2) is 14.2 Å². The highest BCUT2D eigenvalue weighted by atomic mass is 16.5. The maximum Gasteiger partial charge on any atom is 0.200 e. The van der Waals surface area contributed by atoms with Crippen LogP contribution in [0.3, 0.4) is 0 Å². The zero-order valence-corrected chi connectivity index (χ0v) is 12.5. The van der Waals surface area contributed by atoms with E-state index in [1.807, 2.05) is 0 Å². The van der Waals surface area contributed by atoms with Gasteiger partial charge < -0.3 is 13.9 Å². The molecule has 3 rings (SSSR count). The van der Waals surface area contributed by atoms with E-state index in [1.165, 1.54) is 31.6 Å². The van der Waals surface area contributed by atoms with Crippen LogP contribution in [0, 0.1) is 4.91 Å². The SMILES string of the molecule is COc1ccc(-c2coc3cc(N=O)ccc3c2=O)c(OC)c1. The van der Waals surface area contributed by atoms with Gasteiger partial charge in [0.05, 0.1) is 25.2 Å². The van der Waals surface area contributed by atoms with Crippen LogP contribution in [0.5, 0.6) is 11.5 Å². The van der Waals surface area contributed by atoms with Crippen molar-refractivity contribution >= 4 is 16.7 Å². The summed E-state index contributed by atoms with van der Waals surface area (Å²) in [5.41, 5.74) is 1.26. The van der Waals surface area contributed by atoms with E-state index in [2.05, 4.69) is 5.18 Å². The second kappa shape index (κ2) is 5.92. The van der Waals surface area contributed by atoms with Crippen LogP contribution in [0.15, 0.2) is 57.0 Å². The molecule has 0 N–H and O–H groups in total. The molecular weight excluding hydrogens is 298 g/mol. The molecule has 6 nitrogen and oxygen atoms in total. The number of ether oxygens (including phenoxy) is 2. The van der Waals surface area contributed by atoms with E-state index in [0.717, 1.165) is 0 Å². The summed E-state index contributed by atoms with van der Waals surface area (Å²) in [6, 6.07) is 9.59. The van der Waals surface area contributed by atoms with Gasteiger partial charge in [-0.15, -0.1) is 4.91 Å². The average Bonchev–Trinajstić information content (AvgIpc) is 2.61. The third-order valence-electron chi connectivity index (χ3n) is 3.56. The van der Waals surface area contributed by atoms with Gasteiger partial charge in [-0.2, -0.15) is 0 Å². The molecule has 2 aromatic carbocycles. The van der Waals surface area contributed by atoms with Crippen molar-refractivity contribution in [3.8, 4) is 22.6 Å². The van der Waals surface area contributed by atoms with Gasteiger partial charge in [0, 0.05) is 17.7 Å². The molecule has 0 saturated heterocycles. The lowest BCUT2D eigenvalue weighted by atomic mass is 10.0. The number of rotatable bonds is 4. The van der Waals surface area contributed by atoms with Crippen LogP contribution >= 0.6 is 0 Å². The number of hydrogen-bond donors (Lipinski definition) is 0. The molecule has 0 fully saturated rings. The monoisotopic (exact) mass is 311 g/mol. The Morgan fingerprint density at radius 1 is 1.00 bits per heavy atom. The van der Waals surface area contributed by atoms with Crippen molar-refractivity contribution in [1.29, 1.82) is 0 Å². The molecule has 0 aliphatic rings. The van der Waals surface area contributed by atoms with Gasteiger partial charge in [0.15, 0.2) is 0 Å². The third kappa shape index (κ3) is 2.55. The van der Waals surface area contributed by atoms with Crippen molar-refractivity contribution < 1.29 is 13.9 Å². The molecule has 0 spiro atoms. The molecule has 23 heavy (non-hydrogen) atoms. The number of methoxy groups -OCH3 is 2. The molecule has 1 heterocycles. The molecule has 0 aliphatic heterocycles. The molecule has 0 saturated carbocycles. The molecule has 0 radical (unpaired) electrons. The second-order valence-electron chi connectivity index (χ2n) is 4.82. The number of benzene rings is 2. The van der Waals surface area contributed by atoms with Gasteiger partial charge in [-0.3, -0.25) is 4.79 Å². The van der Waals surface area contributed by atoms with Gasteiger partial charge in [0.1, 0.15) is 29.0 Å². The van der Waals surface area contributed by atoms with E-state index in [-0.39, 0.29) is 11.1 Å². The fourth-order valence-corrected chi connectivity index (χ4v) is 2.38. The Labute approximate surface area is 131 Å². The minimum Gasteiger partial charge on any atom is -0.497 e. The van der Waals surface area contributed by atoms with Crippen LogP contribution < -0.4 is 14.9 Å². The first-order valence-electron chi connectivity index (χ1n) is 6.79. The van der Waals surface area contributed by atoms with Crippen LogP contribution in [0.25, 0.3) is 22.1 Å². The minimum atomic E-state index is -0.216. The van der Waals surface area contributed by atoms with Crippen molar-refractivity contribution in [1.82, 2.24) is 0 Å². The summed E-state index contributed by atoms with van der Waals surface area (Å²) < 4.78 is 16.0. The van der Waals surface area contributed by atoms with E-state index in [0.29, 0.717) is 33.6 Å². The van der Waals surface area contributed by atoms with Crippen molar-refractivity contribution in [3.63, 3.8) is 0 Å². The first-order chi connectivity index (χ1) is 11.2. The summed E-state index contributed by atoms with van der Waals surface area (Å²) in [5.74, 6) is 1.12. The maximum atomic E-state index is 12.7. The maximum absolute atomic E-state index is 12.7. The van der Waals surface area contributed by atoms with Crippen LogP contribution in [0.2, 0.25) is 0 Å². The molecule has 0 atom stereocenters. The Kier molecular flexibility index (Phi) is 3.80. The van der Waals surface area contributed by atoms with Crippen LogP contribution in [0.4, 0.5) is 5.69 Å². The van der Waals surface area contributed by atoms with Gasteiger partial charge in [-0.25, -0.2) is 0 Å². The Morgan fingerprint density at radius 2 is 1.83 bits per heavy atom. The predicted molar refractivity (Wildman–Crippen MR) is 86.5 cm³/mol. The van der Waals surface area contributed by atoms with Gasteiger partial charge in [0.2, 0.25) is 5.43 Å². The highest BCUT2D eigenvalue weighted by Gasteiger charge is 2.14. The standard InChI is InChI=1S/C17H13NO5/c1-21-11-4-6-12(15(8-11)22-2)14-9-23-16-7-10(18-20)3-5-13(16)17(14)19/h3-9H,1-2H3. The van der Waals surface area contributed by atoms with Crippen LogP contribution in [0.1, 0.15) is 0 Å². The van der Waals surface area contributed by atoms with Gasteiger partial charge >= 0.3 is 0 Å².